The van der Waals surface area contributed by atoms with Gasteiger partial charge in [-0.15, -0.1) is 0 Å². The molecule has 0 spiro atoms. The number of nitrogens with zero attached hydrogens (tertiary/aromatic N) is 1. The average Bonchev–Trinajstić information content (AvgIpc) is 3.40. The molecule has 1 aromatic heterocycles. The number of hydrogen-bond acceptors (Lipinski definition) is 5. The van der Waals surface area contributed by atoms with Crippen LogP contribution in [-0.4, -0.2) is 43.8 Å². The maximum Gasteiger partial charge on any atom is 0.308 e. The monoisotopic (exact) mass is 718 g/mol. The highest BCUT2D eigenvalue weighted by molar-refractivity contribution is 6.74. The van der Waals surface area contributed by atoms with Crippen molar-refractivity contribution >= 4 is 37.7 Å². The van der Waals surface area contributed by atoms with Crippen LogP contribution in [0.15, 0.2) is 78.9 Å². The molecule has 0 bridgehead atoms. The topological polar surface area (TPSA) is 86.6 Å². The standard InChI is InChI=1S/C40H45F3N2O5Si/c1-25(2)45-34(22-21-32(46)23-33(24-35(47)49-6)50-51(7,8)40(3,4)5)36(26-9-13-28(41)14-10-26)37(27-11-15-29(42)16-12-27)38(45)39(48)44-31-19-17-30(43)18-20-31/h9-22,25,33H,23-24H2,1-8H3,(H,44,48)/t33-/m1/s1. The Hall–Kier alpha value is -4.74. The van der Waals surface area contributed by atoms with Gasteiger partial charge in [-0.25, -0.2) is 13.2 Å². The lowest BCUT2D eigenvalue weighted by molar-refractivity contribution is -0.142. The van der Waals surface area contributed by atoms with E-state index in [4.69, 9.17) is 9.16 Å². The predicted molar refractivity (Wildman–Crippen MR) is 197 cm³/mol. The molecule has 0 aliphatic rings. The molecule has 4 rings (SSSR count). The molecule has 270 valence electrons. The number of anilines is 1. The van der Waals surface area contributed by atoms with Crippen LogP contribution in [0.25, 0.3) is 28.3 Å². The van der Waals surface area contributed by atoms with Crippen molar-refractivity contribution in [1.82, 2.24) is 4.57 Å². The summed E-state index contributed by atoms with van der Waals surface area (Å²) in [5.74, 6) is -2.77. The van der Waals surface area contributed by atoms with E-state index in [1.54, 1.807) is 34.9 Å². The molecule has 0 radical (unpaired) electrons. The van der Waals surface area contributed by atoms with Gasteiger partial charge in [0.05, 0.1) is 25.3 Å². The van der Waals surface area contributed by atoms with Gasteiger partial charge in [-0.3, -0.25) is 14.4 Å². The Morgan fingerprint density at radius 2 is 1.29 bits per heavy atom. The molecule has 11 heteroatoms. The number of aromatic nitrogens is 1. The number of amides is 1. The molecule has 1 heterocycles. The summed E-state index contributed by atoms with van der Waals surface area (Å²) in [5.41, 5.74) is 2.97. The Morgan fingerprint density at radius 1 is 0.804 bits per heavy atom. The number of ether oxygens (including phenoxy) is 1. The van der Waals surface area contributed by atoms with E-state index >= 15 is 0 Å². The fraction of sp³-hybridized carbons (Fsp3) is 0.325. The van der Waals surface area contributed by atoms with Crippen molar-refractivity contribution in [3.8, 4) is 22.3 Å². The maximum absolute atomic E-state index is 14.3. The molecule has 3 aromatic carbocycles. The maximum atomic E-state index is 14.3. The van der Waals surface area contributed by atoms with Crippen LogP contribution in [0.5, 0.6) is 0 Å². The largest absolute Gasteiger partial charge is 0.469 e. The van der Waals surface area contributed by atoms with Crippen molar-refractivity contribution in [2.75, 3.05) is 12.4 Å². The van der Waals surface area contributed by atoms with Crippen molar-refractivity contribution in [3.05, 3.63) is 108 Å². The Kier molecular flexibility index (Phi) is 12.3. The number of allylic oxidation sites excluding steroid dienone is 1. The number of esters is 1. The molecular weight excluding hydrogens is 674 g/mol. The van der Waals surface area contributed by atoms with E-state index in [0.717, 1.165) is 0 Å². The first-order chi connectivity index (χ1) is 23.9. The lowest BCUT2D eigenvalue weighted by Gasteiger charge is -2.39. The van der Waals surface area contributed by atoms with E-state index in [1.807, 2.05) is 26.9 Å². The second kappa shape index (κ2) is 16.1. The SMILES string of the molecule is COC(=O)C[C@@H](CC(=O)C=Cc1c(-c2ccc(F)cc2)c(-c2ccc(F)cc2)c(C(=O)Nc2ccc(F)cc2)n1C(C)C)O[Si](C)(C)C(C)(C)C. The van der Waals surface area contributed by atoms with Gasteiger partial charge in [0.1, 0.15) is 23.1 Å². The first-order valence-electron chi connectivity index (χ1n) is 16.7. The normalized spacial score (nSPS) is 12.7. The van der Waals surface area contributed by atoms with Gasteiger partial charge in [0.15, 0.2) is 14.1 Å². The summed E-state index contributed by atoms with van der Waals surface area (Å²) in [6, 6.07) is 16.4. The molecule has 1 atom stereocenters. The number of carbonyl (C=O) groups is 3. The molecule has 51 heavy (non-hydrogen) atoms. The van der Waals surface area contributed by atoms with Crippen LogP contribution >= 0.6 is 0 Å². The van der Waals surface area contributed by atoms with E-state index in [1.165, 1.54) is 61.7 Å². The predicted octanol–water partition coefficient (Wildman–Crippen LogP) is 10.00. The van der Waals surface area contributed by atoms with Gasteiger partial charge in [-0.1, -0.05) is 45.0 Å². The van der Waals surface area contributed by atoms with E-state index in [2.05, 4.69) is 26.1 Å². The third-order valence-electron chi connectivity index (χ3n) is 9.09. The Balaban J connectivity index is 1.92. The first kappa shape index (κ1) is 39.0. The highest BCUT2D eigenvalue weighted by Crippen LogP contribution is 2.43. The van der Waals surface area contributed by atoms with Gasteiger partial charge in [0.25, 0.3) is 5.91 Å². The van der Waals surface area contributed by atoms with Crippen LogP contribution in [0, 0.1) is 17.5 Å². The fourth-order valence-corrected chi connectivity index (χ4v) is 6.90. The number of hydrogen-bond donors (Lipinski definition) is 1. The van der Waals surface area contributed by atoms with E-state index in [9.17, 15) is 27.6 Å². The van der Waals surface area contributed by atoms with Gasteiger partial charge >= 0.3 is 5.97 Å². The first-order valence-corrected chi connectivity index (χ1v) is 19.6. The molecule has 7 nitrogen and oxygen atoms in total. The quantitative estimate of drug-likeness (QED) is 0.0845. The molecule has 0 saturated heterocycles. The summed E-state index contributed by atoms with van der Waals surface area (Å²) in [7, 11) is -1.10. The summed E-state index contributed by atoms with van der Waals surface area (Å²) in [4.78, 5) is 40.3. The highest BCUT2D eigenvalue weighted by Gasteiger charge is 2.40. The van der Waals surface area contributed by atoms with Gasteiger partial charge in [0, 0.05) is 29.3 Å². The molecule has 1 amide bonds. The zero-order valence-corrected chi connectivity index (χ0v) is 31.3. The van der Waals surface area contributed by atoms with Crippen molar-refractivity contribution in [2.45, 2.75) is 77.7 Å². The second-order valence-electron chi connectivity index (χ2n) is 14.2. The smallest absolute Gasteiger partial charge is 0.308 e. The number of carbonyl (C=O) groups excluding carboxylic acids is 3. The van der Waals surface area contributed by atoms with E-state index in [0.29, 0.717) is 33.6 Å². The minimum atomic E-state index is -2.39. The summed E-state index contributed by atoms with van der Waals surface area (Å²) in [5, 5.41) is 2.67. The van der Waals surface area contributed by atoms with Gasteiger partial charge in [0.2, 0.25) is 0 Å². The minimum absolute atomic E-state index is 0.102. The molecule has 0 saturated carbocycles. The fourth-order valence-electron chi connectivity index (χ4n) is 5.54. The summed E-state index contributed by atoms with van der Waals surface area (Å²) < 4.78 is 55.3. The van der Waals surface area contributed by atoms with E-state index in [-0.39, 0.29) is 35.4 Å². The van der Waals surface area contributed by atoms with Crippen LogP contribution in [0.1, 0.15) is 69.7 Å². The molecule has 1 N–H and O–H groups in total. The summed E-state index contributed by atoms with van der Waals surface area (Å²) in [6.07, 6.45) is 2.06. The Morgan fingerprint density at radius 3 is 1.76 bits per heavy atom. The third kappa shape index (κ3) is 9.53. The van der Waals surface area contributed by atoms with Crippen LogP contribution in [0.2, 0.25) is 18.1 Å². The zero-order valence-electron chi connectivity index (χ0n) is 30.3. The molecule has 0 unspecified atom stereocenters. The number of rotatable bonds is 13. The van der Waals surface area contributed by atoms with Gasteiger partial charge < -0.3 is 19.0 Å². The number of benzene rings is 3. The third-order valence-corrected chi connectivity index (χ3v) is 13.6. The highest BCUT2D eigenvalue weighted by atomic mass is 28.4. The van der Waals surface area contributed by atoms with Crippen molar-refractivity contribution in [3.63, 3.8) is 0 Å². The number of halogens is 3. The molecular formula is C40H45F3N2O5Si. The van der Waals surface area contributed by atoms with Gasteiger partial charge in [-0.2, -0.15) is 0 Å². The molecule has 4 aromatic rings. The minimum Gasteiger partial charge on any atom is -0.469 e. The lowest BCUT2D eigenvalue weighted by atomic mass is 9.94. The Bertz CT molecular complexity index is 1890. The van der Waals surface area contributed by atoms with Crippen molar-refractivity contribution in [1.29, 1.82) is 0 Å². The lowest BCUT2D eigenvalue weighted by Crippen LogP contribution is -2.44. The molecule has 0 fully saturated rings. The second-order valence-corrected chi connectivity index (χ2v) is 19.0. The number of ketones is 1. The summed E-state index contributed by atoms with van der Waals surface area (Å²) in [6.45, 7) is 14.0. The van der Waals surface area contributed by atoms with E-state index < -0.39 is 43.7 Å². The number of nitrogens with one attached hydrogen (secondary N) is 1. The summed E-state index contributed by atoms with van der Waals surface area (Å²) >= 11 is 0. The van der Waals surface area contributed by atoms with Crippen LogP contribution < -0.4 is 5.32 Å². The molecule has 0 aliphatic heterocycles. The molecule has 0 aliphatic carbocycles. The van der Waals surface area contributed by atoms with Crippen LogP contribution in [0.3, 0.4) is 0 Å². The zero-order chi connectivity index (χ0) is 37.7. The van der Waals surface area contributed by atoms with Gasteiger partial charge in [-0.05, 0) is 104 Å². The average molecular weight is 719 g/mol. The van der Waals surface area contributed by atoms with Crippen molar-refractivity contribution < 1.29 is 36.7 Å². The Labute approximate surface area is 298 Å². The van der Waals surface area contributed by atoms with Crippen LogP contribution in [0.4, 0.5) is 18.9 Å². The van der Waals surface area contributed by atoms with Crippen molar-refractivity contribution in [2.24, 2.45) is 0 Å². The number of methoxy groups -OCH3 is 1. The van der Waals surface area contributed by atoms with Crippen LogP contribution in [-0.2, 0) is 18.8 Å².